The molecule has 2 aromatic carbocycles. The predicted octanol–water partition coefficient (Wildman–Crippen LogP) is 1.98. The van der Waals surface area contributed by atoms with Gasteiger partial charge < -0.3 is 20.3 Å². The van der Waals surface area contributed by atoms with E-state index < -0.39 is 17.2 Å². The molecule has 0 saturated heterocycles. The maximum Gasteiger partial charge on any atom is 0.275 e. The molecule has 0 bridgehead atoms. The number of aromatic hydroxyl groups is 1. The lowest BCUT2D eigenvalue weighted by atomic mass is 9.99. The van der Waals surface area contributed by atoms with E-state index >= 15 is 0 Å². The molecule has 0 radical (unpaired) electrons. The summed E-state index contributed by atoms with van der Waals surface area (Å²) in [4.78, 5) is 25.0. The Morgan fingerprint density at radius 1 is 1.25 bits per heavy atom. The van der Waals surface area contributed by atoms with E-state index in [2.05, 4.69) is 10.4 Å². The second-order valence-electron chi connectivity index (χ2n) is 7.33. The van der Waals surface area contributed by atoms with E-state index in [1.54, 1.807) is 25.1 Å². The first-order chi connectivity index (χ1) is 15.3. The molecule has 0 aliphatic heterocycles. The van der Waals surface area contributed by atoms with E-state index in [1.165, 1.54) is 42.1 Å². The minimum absolute atomic E-state index is 0.0247. The molecule has 8 nitrogen and oxygen atoms in total. The first kappa shape index (κ1) is 23.0. The fourth-order valence-electron chi connectivity index (χ4n) is 3.29. The molecule has 0 aliphatic carbocycles. The van der Waals surface area contributed by atoms with Crippen molar-refractivity contribution >= 4 is 5.91 Å². The standard InChI is InChI=1S/C23H24FN3O5/c1-14-9-20(30)22(26-27(14)18-6-4-3-5-17(18)24)23(31)25-12-16(13-28)10-15-7-8-21(32-2)19(29)11-15/h3-9,11,16,28-29H,10,12-13H2,1-2H3,(H,25,31)/t16-/m0/s1. The summed E-state index contributed by atoms with van der Waals surface area (Å²) in [6.07, 6.45) is 0.370. The summed E-state index contributed by atoms with van der Waals surface area (Å²) in [5.74, 6) is -1.33. The molecule has 1 aromatic heterocycles. The molecular formula is C23H24FN3O5. The van der Waals surface area contributed by atoms with Gasteiger partial charge in [-0.3, -0.25) is 9.59 Å². The van der Waals surface area contributed by atoms with Crippen LogP contribution < -0.4 is 15.5 Å². The number of nitrogens with zero attached hydrogens (tertiary/aromatic N) is 2. The summed E-state index contributed by atoms with van der Waals surface area (Å²) < 4.78 is 20.4. The van der Waals surface area contributed by atoms with E-state index in [0.717, 1.165) is 5.56 Å². The van der Waals surface area contributed by atoms with E-state index in [9.17, 15) is 24.2 Å². The monoisotopic (exact) mass is 441 g/mol. The van der Waals surface area contributed by atoms with Gasteiger partial charge in [0, 0.05) is 30.8 Å². The maximum atomic E-state index is 14.2. The van der Waals surface area contributed by atoms with Gasteiger partial charge in [-0.2, -0.15) is 5.10 Å². The highest BCUT2D eigenvalue weighted by Crippen LogP contribution is 2.27. The van der Waals surface area contributed by atoms with Crippen molar-refractivity contribution < 1.29 is 24.1 Å². The number of phenols is 1. The van der Waals surface area contributed by atoms with E-state index in [-0.39, 0.29) is 36.2 Å². The largest absolute Gasteiger partial charge is 0.504 e. The zero-order valence-electron chi connectivity index (χ0n) is 17.7. The Morgan fingerprint density at radius 3 is 2.66 bits per heavy atom. The number of phenolic OH excluding ortho intramolecular Hbond substituents is 1. The van der Waals surface area contributed by atoms with Gasteiger partial charge in [0.05, 0.1) is 7.11 Å². The van der Waals surface area contributed by atoms with Crippen LogP contribution in [0.3, 0.4) is 0 Å². The minimum Gasteiger partial charge on any atom is -0.504 e. The topological polar surface area (TPSA) is 114 Å². The van der Waals surface area contributed by atoms with Crippen LogP contribution in [0.2, 0.25) is 0 Å². The van der Waals surface area contributed by atoms with Crippen molar-refractivity contribution in [3.05, 3.63) is 81.5 Å². The van der Waals surface area contributed by atoms with Gasteiger partial charge in [0.25, 0.3) is 5.91 Å². The number of rotatable bonds is 8. The Labute approximate surface area is 183 Å². The van der Waals surface area contributed by atoms with Crippen molar-refractivity contribution in [2.24, 2.45) is 5.92 Å². The van der Waals surface area contributed by atoms with Gasteiger partial charge in [0.1, 0.15) is 11.5 Å². The second kappa shape index (κ2) is 10.1. The third-order valence-electron chi connectivity index (χ3n) is 4.98. The Hall–Kier alpha value is -3.72. The highest BCUT2D eigenvalue weighted by molar-refractivity contribution is 5.92. The molecule has 1 heterocycles. The summed E-state index contributed by atoms with van der Waals surface area (Å²) in [5, 5.41) is 26.3. The molecule has 3 rings (SSSR count). The quantitative estimate of drug-likeness (QED) is 0.493. The lowest BCUT2D eigenvalue weighted by molar-refractivity contribution is 0.0932. The number of carbonyl (C=O) groups excluding carboxylic acids is 1. The molecule has 3 aromatic rings. The Kier molecular flexibility index (Phi) is 7.21. The summed E-state index contributed by atoms with van der Waals surface area (Å²) in [6, 6.07) is 12.0. The van der Waals surface area contributed by atoms with Crippen LogP contribution in [0.4, 0.5) is 4.39 Å². The van der Waals surface area contributed by atoms with Gasteiger partial charge in [0.2, 0.25) is 5.43 Å². The number of aryl methyl sites for hydroxylation is 1. The Balaban J connectivity index is 1.75. The molecule has 0 unspecified atom stereocenters. The number of carbonyl (C=O) groups is 1. The number of ether oxygens (including phenoxy) is 1. The third-order valence-corrected chi connectivity index (χ3v) is 4.98. The fourth-order valence-corrected chi connectivity index (χ4v) is 3.29. The first-order valence-corrected chi connectivity index (χ1v) is 9.94. The van der Waals surface area contributed by atoms with E-state index in [0.29, 0.717) is 17.9 Å². The van der Waals surface area contributed by atoms with Crippen molar-refractivity contribution in [3.8, 4) is 17.2 Å². The summed E-state index contributed by atoms with van der Waals surface area (Å²) in [5.41, 5.74) is 0.272. The highest BCUT2D eigenvalue weighted by Gasteiger charge is 2.18. The van der Waals surface area contributed by atoms with Crippen molar-refractivity contribution in [3.63, 3.8) is 0 Å². The van der Waals surface area contributed by atoms with Crippen LogP contribution >= 0.6 is 0 Å². The number of benzene rings is 2. The van der Waals surface area contributed by atoms with Gasteiger partial charge >= 0.3 is 0 Å². The molecule has 1 amide bonds. The van der Waals surface area contributed by atoms with Crippen LogP contribution in [0.25, 0.3) is 5.69 Å². The average Bonchev–Trinajstić information content (AvgIpc) is 2.77. The van der Waals surface area contributed by atoms with Crippen molar-refractivity contribution in [1.29, 1.82) is 0 Å². The molecule has 0 aliphatic rings. The van der Waals surface area contributed by atoms with Crippen LogP contribution in [-0.4, -0.2) is 46.2 Å². The lowest BCUT2D eigenvalue weighted by Crippen LogP contribution is -2.36. The number of halogens is 1. The molecule has 9 heteroatoms. The number of hydrogen-bond donors (Lipinski definition) is 3. The molecule has 0 fully saturated rings. The van der Waals surface area contributed by atoms with Crippen molar-refractivity contribution in [2.45, 2.75) is 13.3 Å². The first-order valence-electron chi connectivity index (χ1n) is 9.94. The molecule has 3 N–H and O–H groups in total. The molecule has 0 saturated carbocycles. The molecule has 168 valence electrons. The zero-order chi connectivity index (χ0) is 23.3. The van der Waals surface area contributed by atoms with Crippen LogP contribution in [-0.2, 0) is 6.42 Å². The number of hydrogen-bond acceptors (Lipinski definition) is 6. The Bertz CT molecular complexity index is 1180. The average molecular weight is 441 g/mol. The van der Waals surface area contributed by atoms with Crippen molar-refractivity contribution in [1.82, 2.24) is 15.1 Å². The van der Waals surface area contributed by atoms with Gasteiger partial charge in [-0.25, -0.2) is 9.07 Å². The van der Waals surface area contributed by atoms with Gasteiger partial charge in [-0.15, -0.1) is 0 Å². The number of aromatic nitrogens is 2. The van der Waals surface area contributed by atoms with Crippen molar-refractivity contribution in [2.75, 3.05) is 20.3 Å². The number of para-hydroxylation sites is 1. The SMILES string of the molecule is COc1ccc(C[C@H](CO)CNC(=O)c2nn(-c3ccccc3F)c(C)cc2=O)cc1O. The van der Waals surface area contributed by atoms with Crippen LogP contribution in [0, 0.1) is 18.7 Å². The number of nitrogens with one attached hydrogen (secondary N) is 1. The van der Waals surface area contributed by atoms with E-state index in [1.807, 2.05) is 0 Å². The normalized spacial score (nSPS) is 11.8. The maximum absolute atomic E-state index is 14.2. The number of methoxy groups -OCH3 is 1. The molecular weight excluding hydrogens is 417 g/mol. The second-order valence-corrected chi connectivity index (χ2v) is 7.33. The molecule has 32 heavy (non-hydrogen) atoms. The van der Waals surface area contributed by atoms with Crippen LogP contribution in [0.5, 0.6) is 11.5 Å². The zero-order valence-corrected chi connectivity index (χ0v) is 17.7. The van der Waals surface area contributed by atoms with Gasteiger partial charge in [0.15, 0.2) is 17.2 Å². The number of amides is 1. The van der Waals surface area contributed by atoms with Crippen LogP contribution in [0.15, 0.2) is 53.3 Å². The number of aliphatic hydroxyl groups excluding tert-OH is 1. The smallest absolute Gasteiger partial charge is 0.275 e. The lowest BCUT2D eigenvalue weighted by Gasteiger charge is -2.16. The summed E-state index contributed by atoms with van der Waals surface area (Å²) in [6.45, 7) is 1.43. The summed E-state index contributed by atoms with van der Waals surface area (Å²) in [7, 11) is 1.44. The highest BCUT2D eigenvalue weighted by atomic mass is 19.1. The van der Waals surface area contributed by atoms with Crippen LogP contribution in [0.1, 0.15) is 21.7 Å². The Morgan fingerprint density at radius 2 is 2.00 bits per heavy atom. The minimum atomic E-state index is -0.726. The van der Waals surface area contributed by atoms with Gasteiger partial charge in [-0.1, -0.05) is 18.2 Å². The predicted molar refractivity (Wildman–Crippen MR) is 116 cm³/mol. The summed E-state index contributed by atoms with van der Waals surface area (Å²) >= 11 is 0. The van der Waals surface area contributed by atoms with E-state index in [4.69, 9.17) is 4.74 Å². The molecule has 1 atom stereocenters. The third kappa shape index (κ3) is 5.12. The number of aliphatic hydroxyl groups is 1. The fraction of sp³-hybridized carbons (Fsp3) is 0.261. The molecule has 0 spiro atoms. The van der Waals surface area contributed by atoms with Gasteiger partial charge in [-0.05, 0) is 43.2 Å².